The maximum atomic E-state index is 2.38. The number of hydrogen-bond acceptors (Lipinski definition) is 0. The molecule has 0 fully saturated rings. The first-order valence-electron chi connectivity index (χ1n) is 4.91. The van der Waals surface area contributed by atoms with Crippen LogP contribution in [0.15, 0.2) is 34.4 Å². The van der Waals surface area contributed by atoms with Gasteiger partial charge < -0.3 is 24.8 Å². The van der Waals surface area contributed by atoms with Crippen molar-refractivity contribution in [2.75, 3.05) is 0 Å². The maximum Gasteiger partial charge on any atom is -1.00 e. The molecule has 0 aromatic carbocycles. The van der Waals surface area contributed by atoms with Gasteiger partial charge in [0.15, 0.2) is 0 Å². The average molecular weight is 371 g/mol. The third-order valence-electron chi connectivity index (χ3n) is 3.22. The Bertz CT molecular complexity index is 410. The third kappa shape index (κ3) is 2.81. The predicted octanol–water partition coefficient (Wildman–Crippen LogP) is -1.59. The van der Waals surface area contributed by atoms with Crippen molar-refractivity contribution >= 4 is 17.4 Å². The van der Waals surface area contributed by atoms with Crippen LogP contribution in [-0.2, 0) is 24.1 Å². The molecule has 2 aliphatic rings. The van der Waals surface area contributed by atoms with Crippen LogP contribution in [0.25, 0.3) is 0 Å². The summed E-state index contributed by atoms with van der Waals surface area (Å²) in [5.41, 5.74) is 1.60. The van der Waals surface area contributed by atoms with Gasteiger partial charge in [0, 0.05) is 0 Å². The topological polar surface area (TPSA) is 0 Å². The number of hydrogen-bond donors (Lipinski definition) is 0. The molecule has 1 aliphatic carbocycles. The van der Waals surface area contributed by atoms with E-state index in [1.807, 2.05) is 0 Å². The first kappa shape index (κ1) is 17.3. The molecule has 0 saturated heterocycles. The molecule has 2 rings (SSSR count). The zero-order valence-corrected chi connectivity index (χ0v) is 15.5. The zero-order valence-electron chi connectivity index (χ0n) is 9.64. The van der Waals surface area contributed by atoms with E-state index in [-0.39, 0.29) is 24.8 Å². The minimum absolute atomic E-state index is 0. The van der Waals surface area contributed by atoms with Crippen molar-refractivity contribution in [2.45, 2.75) is 27.2 Å². The summed E-state index contributed by atoms with van der Waals surface area (Å²) in [4.78, 5) is 0. The van der Waals surface area contributed by atoms with E-state index in [1.54, 1.807) is 53.5 Å². The zero-order chi connectivity index (χ0) is 10.3. The van der Waals surface area contributed by atoms with E-state index in [1.165, 1.54) is 6.42 Å². The Morgan fingerprint density at radius 1 is 1.25 bits per heavy atom. The van der Waals surface area contributed by atoms with Crippen molar-refractivity contribution in [3.63, 3.8) is 0 Å². The van der Waals surface area contributed by atoms with Gasteiger partial charge in [0.2, 0.25) is 0 Å². The van der Waals surface area contributed by atoms with Gasteiger partial charge in [-0.2, -0.15) is 0 Å². The standard InChI is InChI=1S/C11H14P2.2ClH.Zr/c1-8-9(2)12-13(10(8)3)11-6-4-5-7-11;;;/h4-6H,7H2,1-3H3;2*1H;/q;;;+1/p-1. The molecule has 0 radical (unpaired) electrons. The van der Waals surface area contributed by atoms with Crippen molar-refractivity contribution in [3.05, 3.63) is 34.4 Å². The summed E-state index contributed by atoms with van der Waals surface area (Å²) in [5, 5.41) is 5.12. The van der Waals surface area contributed by atoms with E-state index in [0.717, 1.165) is 0 Å². The molecular formula is C11H15Cl2P2Zr. The van der Waals surface area contributed by atoms with Crippen LogP contribution in [-0.4, -0.2) is 5.29 Å². The van der Waals surface area contributed by atoms with E-state index < -0.39 is 4.24 Å². The first-order valence-corrected chi connectivity index (χ1v) is 12.3. The predicted molar refractivity (Wildman–Crippen MR) is 66.1 cm³/mol. The average Bonchev–Trinajstić information content (AvgIpc) is 2.73. The third-order valence-corrected chi connectivity index (χ3v) is 18.5. The second kappa shape index (κ2) is 6.45. The van der Waals surface area contributed by atoms with Crippen LogP contribution in [0.1, 0.15) is 27.2 Å². The minimum Gasteiger partial charge on any atom is -1.00 e. The molecule has 0 atom stereocenters. The monoisotopic (exact) mass is 369 g/mol. The van der Waals surface area contributed by atoms with Gasteiger partial charge in [-0.1, -0.05) is 0 Å². The molecule has 1 heterocycles. The summed E-state index contributed by atoms with van der Waals surface area (Å²) < 4.78 is -1.18. The smallest absolute Gasteiger partial charge is 1.00 e. The normalized spacial score (nSPS) is 24.3. The molecule has 16 heavy (non-hydrogen) atoms. The minimum atomic E-state index is -1.18. The maximum absolute atomic E-state index is 2.38. The van der Waals surface area contributed by atoms with E-state index in [0.29, 0.717) is 0 Å². The molecule has 0 aromatic rings. The Hall–Kier alpha value is 1.28. The molecular weight excluding hydrogens is 356 g/mol. The van der Waals surface area contributed by atoms with E-state index in [9.17, 15) is 0 Å². The molecule has 5 heteroatoms. The van der Waals surface area contributed by atoms with E-state index in [2.05, 4.69) is 39.0 Å². The fraction of sp³-hybridized carbons (Fsp3) is 0.364. The van der Waals surface area contributed by atoms with Crippen LogP contribution in [0.5, 0.6) is 0 Å². The van der Waals surface area contributed by atoms with Crippen LogP contribution in [0.4, 0.5) is 0 Å². The summed E-state index contributed by atoms with van der Waals surface area (Å²) in [6.45, 7) is 6.99. The molecule has 0 N–H and O–H groups in total. The molecule has 0 nitrogen and oxygen atoms in total. The van der Waals surface area contributed by atoms with Gasteiger partial charge >= 0.3 is 103 Å². The second-order valence-electron chi connectivity index (χ2n) is 3.98. The Kier molecular flexibility index (Phi) is 6.97. The van der Waals surface area contributed by atoms with E-state index in [4.69, 9.17) is 0 Å². The van der Waals surface area contributed by atoms with Crippen molar-refractivity contribution in [3.8, 4) is 0 Å². The Morgan fingerprint density at radius 3 is 2.25 bits per heavy atom. The van der Waals surface area contributed by atoms with Crippen LogP contribution in [0.3, 0.4) is 0 Å². The number of allylic oxidation sites excluding steroid dienone is 6. The van der Waals surface area contributed by atoms with Crippen LogP contribution >= 0.6 is 12.1 Å². The summed E-state index contributed by atoms with van der Waals surface area (Å²) in [5.74, 6) is 0. The van der Waals surface area contributed by atoms with Gasteiger partial charge in [0.25, 0.3) is 0 Å². The van der Waals surface area contributed by atoms with Gasteiger partial charge in [0.05, 0.1) is 0 Å². The number of halogens is 2. The van der Waals surface area contributed by atoms with Crippen LogP contribution in [0, 0.1) is 0 Å². The first-order chi connectivity index (χ1) is 6.55. The van der Waals surface area contributed by atoms with Gasteiger partial charge in [-0.15, -0.1) is 0 Å². The van der Waals surface area contributed by atoms with Gasteiger partial charge in [-0.05, 0) is 0 Å². The summed E-state index contributed by atoms with van der Waals surface area (Å²) in [7, 11) is 1.66. The fourth-order valence-electron chi connectivity index (χ4n) is 1.99. The van der Waals surface area contributed by atoms with Crippen molar-refractivity contribution in [2.24, 2.45) is 0 Å². The Morgan fingerprint density at radius 2 is 1.88 bits per heavy atom. The SMILES string of the molecule is CC1=P[PH]([Zr+2])(C2=CC=CC2)C(C)=C1C.[Cl-].[Cl-]. The van der Waals surface area contributed by atoms with Gasteiger partial charge in [-0.25, -0.2) is 0 Å². The van der Waals surface area contributed by atoms with Crippen molar-refractivity contribution < 1.29 is 49.0 Å². The van der Waals surface area contributed by atoms with E-state index >= 15 is 0 Å². The van der Waals surface area contributed by atoms with Crippen molar-refractivity contribution in [1.82, 2.24) is 0 Å². The molecule has 0 bridgehead atoms. The Balaban J connectivity index is 0.00000112. The Labute approximate surface area is 127 Å². The molecule has 0 amide bonds. The molecule has 87 valence electrons. The largest absolute Gasteiger partial charge is 1.00 e. The summed E-state index contributed by atoms with van der Waals surface area (Å²) in [6.07, 6.45) is 8.14. The summed E-state index contributed by atoms with van der Waals surface area (Å²) >= 11 is 1.78. The number of rotatable bonds is 1. The molecule has 0 saturated carbocycles. The second-order valence-corrected chi connectivity index (χ2v) is 19.0. The fourth-order valence-corrected chi connectivity index (χ4v) is 15.6. The quantitative estimate of drug-likeness (QED) is 0.488. The van der Waals surface area contributed by atoms with Crippen molar-refractivity contribution in [1.29, 1.82) is 0 Å². The molecule has 0 unspecified atom stereocenters. The molecule has 1 aliphatic heterocycles. The summed E-state index contributed by atoms with van der Waals surface area (Å²) in [6, 6.07) is 0. The molecule has 0 aromatic heterocycles. The molecule has 0 spiro atoms. The van der Waals surface area contributed by atoms with Crippen LogP contribution in [0.2, 0.25) is 0 Å². The van der Waals surface area contributed by atoms with Gasteiger partial charge in [0.1, 0.15) is 0 Å². The van der Waals surface area contributed by atoms with Crippen LogP contribution < -0.4 is 24.8 Å². The van der Waals surface area contributed by atoms with Gasteiger partial charge in [-0.3, -0.25) is 0 Å².